The van der Waals surface area contributed by atoms with Gasteiger partial charge in [-0.25, -0.2) is 4.98 Å². The highest BCUT2D eigenvalue weighted by molar-refractivity contribution is 5.95. The van der Waals surface area contributed by atoms with Gasteiger partial charge in [0.05, 0.1) is 12.2 Å². The molecule has 2 atom stereocenters. The minimum atomic E-state index is -0.254. The largest absolute Gasteiger partial charge is 0.379 e. The summed E-state index contributed by atoms with van der Waals surface area (Å²) in [6, 6.07) is 6.48. The van der Waals surface area contributed by atoms with Crippen LogP contribution in [0.1, 0.15) is 45.6 Å². The van der Waals surface area contributed by atoms with Crippen LogP contribution in [-0.2, 0) is 14.3 Å². The highest BCUT2D eigenvalue weighted by Gasteiger charge is 2.37. The standard InChI is InChI=1S/C27H38N4O3/c1-19-13-22-17-28-24(29-25(32)20-5-11-34-26(2,3)16-20)15-21(22)14-23(19)30-7-9-31(10-8-30)27(4)6-12-33-18-27/h13-15,17,20H,5-12,16,18H2,1-4H3,(H,28,29,32)/t20-,27-/m0/s1. The molecule has 5 rings (SSSR count). The molecular formula is C27H38N4O3. The minimum Gasteiger partial charge on any atom is -0.379 e. The molecule has 7 heteroatoms. The van der Waals surface area contributed by atoms with Crippen LogP contribution in [0.3, 0.4) is 0 Å². The van der Waals surface area contributed by atoms with Crippen molar-refractivity contribution in [2.24, 2.45) is 5.92 Å². The third-order valence-corrected chi connectivity index (χ3v) is 7.94. The Balaban J connectivity index is 1.30. The van der Waals surface area contributed by atoms with Gasteiger partial charge in [-0.2, -0.15) is 0 Å². The first-order valence-electron chi connectivity index (χ1n) is 12.7. The topological polar surface area (TPSA) is 66.9 Å². The molecule has 2 aromatic rings. The van der Waals surface area contributed by atoms with Crippen LogP contribution in [0.15, 0.2) is 24.4 Å². The Morgan fingerprint density at radius 2 is 1.88 bits per heavy atom. The molecule has 34 heavy (non-hydrogen) atoms. The number of rotatable bonds is 4. The molecule has 3 aliphatic heterocycles. The summed E-state index contributed by atoms with van der Waals surface area (Å²) >= 11 is 0. The van der Waals surface area contributed by atoms with Crippen LogP contribution < -0.4 is 10.2 Å². The molecular weight excluding hydrogens is 428 g/mol. The van der Waals surface area contributed by atoms with Crippen LogP contribution in [0.5, 0.6) is 0 Å². The van der Waals surface area contributed by atoms with Crippen LogP contribution in [0.25, 0.3) is 10.8 Å². The molecule has 1 aromatic heterocycles. The van der Waals surface area contributed by atoms with Crippen molar-refractivity contribution in [3.63, 3.8) is 0 Å². The van der Waals surface area contributed by atoms with Crippen molar-refractivity contribution in [2.75, 3.05) is 56.2 Å². The van der Waals surface area contributed by atoms with E-state index in [9.17, 15) is 4.79 Å². The summed E-state index contributed by atoms with van der Waals surface area (Å²) in [4.78, 5) is 22.5. The summed E-state index contributed by atoms with van der Waals surface area (Å²) in [5.41, 5.74) is 2.47. The van der Waals surface area contributed by atoms with Gasteiger partial charge in [-0.3, -0.25) is 9.69 Å². The average Bonchev–Trinajstić information content (AvgIpc) is 3.26. The molecule has 1 N–H and O–H groups in total. The summed E-state index contributed by atoms with van der Waals surface area (Å²) in [6.45, 7) is 15.1. The van der Waals surface area contributed by atoms with Gasteiger partial charge in [0.25, 0.3) is 0 Å². The zero-order valence-electron chi connectivity index (χ0n) is 21.0. The van der Waals surface area contributed by atoms with E-state index >= 15 is 0 Å². The van der Waals surface area contributed by atoms with Crippen molar-refractivity contribution < 1.29 is 14.3 Å². The number of piperazine rings is 1. The van der Waals surface area contributed by atoms with Gasteiger partial charge in [-0.1, -0.05) is 0 Å². The Morgan fingerprint density at radius 3 is 2.59 bits per heavy atom. The predicted molar refractivity (Wildman–Crippen MR) is 135 cm³/mol. The van der Waals surface area contributed by atoms with Crippen molar-refractivity contribution in [3.05, 3.63) is 30.0 Å². The van der Waals surface area contributed by atoms with Crippen molar-refractivity contribution in [1.82, 2.24) is 9.88 Å². The Hall–Kier alpha value is -2.22. The summed E-state index contributed by atoms with van der Waals surface area (Å²) in [7, 11) is 0. The molecule has 0 spiro atoms. The van der Waals surface area contributed by atoms with Gasteiger partial charge in [0.15, 0.2) is 0 Å². The van der Waals surface area contributed by atoms with E-state index in [1.807, 2.05) is 26.1 Å². The number of amides is 1. The lowest BCUT2D eigenvalue weighted by Crippen LogP contribution is -2.56. The lowest BCUT2D eigenvalue weighted by Gasteiger charge is -2.44. The van der Waals surface area contributed by atoms with Crippen LogP contribution in [0.2, 0.25) is 0 Å². The normalized spacial score (nSPS) is 27.8. The maximum atomic E-state index is 12.9. The fourth-order valence-corrected chi connectivity index (χ4v) is 5.78. The van der Waals surface area contributed by atoms with Crippen molar-refractivity contribution in [1.29, 1.82) is 0 Å². The third-order valence-electron chi connectivity index (χ3n) is 7.94. The summed E-state index contributed by atoms with van der Waals surface area (Å²) in [5, 5.41) is 5.26. The Bertz CT molecular complexity index is 1060. The monoisotopic (exact) mass is 466 g/mol. The fraction of sp³-hybridized carbons (Fsp3) is 0.630. The minimum absolute atomic E-state index is 0.0380. The van der Waals surface area contributed by atoms with E-state index in [4.69, 9.17) is 9.47 Å². The van der Waals surface area contributed by atoms with Crippen LogP contribution in [-0.4, -0.2) is 72.9 Å². The smallest absolute Gasteiger partial charge is 0.228 e. The maximum absolute atomic E-state index is 12.9. The van der Waals surface area contributed by atoms with Crippen molar-refractivity contribution in [2.45, 2.75) is 58.1 Å². The van der Waals surface area contributed by atoms with Gasteiger partial charge in [-0.15, -0.1) is 0 Å². The Morgan fingerprint density at radius 1 is 1.09 bits per heavy atom. The quantitative estimate of drug-likeness (QED) is 0.735. The van der Waals surface area contributed by atoms with E-state index in [2.05, 4.69) is 46.1 Å². The zero-order chi connectivity index (χ0) is 23.9. The molecule has 0 aliphatic carbocycles. The van der Waals surface area contributed by atoms with Crippen molar-refractivity contribution in [3.8, 4) is 0 Å². The summed E-state index contributed by atoms with van der Waals surface area (Å²) in [5.74, 6) is 0.616. The van der Waals surface area contributed by atoms with Crippen LogP contribution >= 0.6 is 0 Å². The Labute approximate surface area is 202 Å². The molecule has 0 unspecified atom stereocenters. The summed E-state index contributed by atoms with van der Waals surface area (Å²) in [6.07, 6.45) is 4.47. The van der Waals surface area contributed by atoms with Crippen LogP contribution in [0, 0.1) is 12.8 Å². The number of ether oxygens (including phenoxy) is 2. The average molecular weight is 467 g/mol. The molecule has 184 valence electrons. The van der Waals surface area contributed by atoms with E-state index in [0.29, 0.717) is 12.4 Å². The second-order valence-electron chi connectivity index (χ2n) is 11.1. The number of carbonyl (C=O) groups is 1. The summed E-state index contributed by atoms with van der Waals surface area (Å²) < 4.78 is 11.4. The van der Waals surface area contributed by atoms with Gasteiger partial charge in [0.1, 0.15) is 5.82 Å². The number of pyridine rings is 1. The fourth-order valence-electron chi connectivity index (χ4n) is 5.78. The van der Waals surface area contributed by atoms with Gasteiger partial charge in [0, 0.05) is 68.1 Å². The lowest BCUT2D eigenvalue weighted by molar-refractivity contribution is -0.130. The lowest BCUT2D eigenvalue weighted by atomic mass is 9.88. The van der Waals surface area contributed by atoms with E-state index in [0.717, 1.165) is 69.4 Å². The molecule has 1 amide bonds. The molecule has 0 bridgehead atoms. The number of hydrogen-bond donors (Lipinski definition) is 1. The predicted octanol–water partition coefficient (Wildman–Crippen LogP) is 3.99. The molecule has 7 nitrogen and oxygen atoms in total. The molecule has 0 radical (unpaired) electrons. The molecule has 3 saturated heterocycles. The molecule has 4 heterocycles. The second-order valence-corrected chi connectivity index (χ2v) is 11.1. The van der Waals surface area contributed by atoms with Crippen LogP contribution in [0.4, 0.5) is 11.5 Å². The number of aryl methyl sites for hydroxylation is 1. The van der Waals surface area contributed by atoms with E-state index < -0.39 is 0 Å². The number of aromatic nitrogens is 1. The van der Waals surface area contributed by atoms with E-state index in [1.54, 1.807) is 0 Å². The van der Waals surface area contributed by atoms with Gasteiger partial charge >= 0.3 is 0 Å². The number of benzene rings is 1. The first kappa shape index (κ1) is 23.5. The van der Waals surface area contributed by atoms with Gasteiger partial charge < -0.3 is 19.7 Å². The molecule has 1 aromatic carbocycles. The highest BCUT2D eigenvalue weighted by Crippen LogP contribution is 2.32. The number of hydrogen-bond acceptors (Lipinski definition) is 6. The number of anilines is 2. The SMILES string of the molecule is Cc1cc2cnc(NC(=O)[C@H]3CCOC(C)(C)C3)cc2cc1N1CCN([C@@]2(C)CCOC2)CC1. The van der Waals surface area contributed by atoms with E-state index in [1.165, 1.54) is 11.3 Å². The highest BCUT2D eigenvalue weighted by atomic mass is 16.5. The zero-order valence-corrected chi connectivity index (χ0v) is 21.0. The number of fused-ring (bicyclic) bond motifs is 1. The molecule has 0 saturated carbocycles. The first-order chi connectivity index (χ1) is 16.2. The number of nitrogens with zero attached hydrogens (tertiary/aromatic N) is 3. The van der Waals surface area contributed by atoms with Crippen molar-refractivity contribution >= 4 is 28.2 Å². The Kier molecular flexibility index (Phi) is 6.29. The first-order valence-corrected chi connectivity index (χ1v) is 12.7. The number of carbonyl (C=O) groups excluding carboxylic acids is 1. The maximum Gasteiger partial charge on any atom is 0.228 e. The molecule has 3 aliphatic rings. The molecule has 3 fully saturated rings. The van der Waals surface area contributed by atoms with E-state index in [-0.39, 0.29) is 23.0 Å². The third kappa shape index (κ3) is 4.79. The van der Waals surface area contributed by atoms with Gasteiger partial charge in [0.2, 0.25) is 5.91 Å². The van der Waals surface area contributed by atoms with Gasteiger partial charge in [-0.05, 0) is 76.1 Å². The number of nitrogens with one attached hydrogen (secondary N) is 1. The second kappa shape index (κ2) is 9.10.